The van der Waals surface area contributed by atoms with Gasteiger partial charge in [0.15, 0.2) is 0 Å². The van der Waals surface area contributed by atoms with E-state index in [0.717, 1.165) is 18.4 Å². The first-order valence-electron chi connectivity index (χ1n) is 6.70. The number of nitrogens with two attached hydrogens (primary N) is 1. The maximum absolute atomic E-state index is 8.79. The largest absolute Gasteiger partial charge is 0.439 e. The second-order valence-corrected chi connectivity index (χ2v) is 4.55. The molecule has 0 atom stereocenters. The SMILES string of the molecule is CCCc1nc(NN)c(C)c(Oc2ccc(C#N)cc2)n1. The molecule has 0 aliphatic heterocycles. The number of ether oxygens (including phenoxy) is 1. The zero-order valence-corrected chi connectivity index (χ0v) is 12.1. The van der Waals surface area contributed by atoms with Crippen molar-refractivity contribution in [3.8, 4) is 17.7 Å². The Morgan fingerprint density at radius 2 is 2.00 bits per heavy atom. The van der Waals surface area contributed by atoms with Gasteiger partial charge in [0.25, 0.3) is 0 Å². The number of hydrazine groups is 1. The molecule has 6 nitrogen and oxygen atoms in total. The molecule has 2 rings (SSSR count). The van der Waals surface area contributed by atoms with Crippen molar-refractivity contribution in [3.63, 3.8) is 0 Å². The van der Waals surface area contributed by atoms with Gasteiger partial charge < -0.3 is 10.2 Å². The molecular weight excluding hydrogens is 266 g/mol. The van der Waals surface area contributed by atoms with E-state index in [2.05, 4.69) is 28.4 Å². The third kappa shape index (κ3) is 3.46. The van der Waals surface area contributed by atoms with Crippen molar-refractivity contribution in [2.45, 2.75) is 26.7 Å². The average molecular weight is 283 g/mol. The smallest absolute Gasteiger partial charge is 0.227 e. The Balaban J connectivity index is 2.33. The first-order valence-corrected chi connectivity index (χ1v) is 6.70. The summed E-state index contributed by atoms with van der Waals surface area (Å²) in [5.41, 5.74) is 3.88. The average Bonchev–Trinajstić information content (AvgIpc) is 2.51. The summed E-state index contributed by atoms with van der Waals surface area (Å²) in [6.07, 6.45) is 1.68. The molecule has 0 spiro atoms. The number of nitriles is 1. The molecule has 6 heteroatoms. The third-order valence-electron chi connectivity index (χ3n) is 2.96. The second kappa shape index (κ2) is 6.68. The predicted molar refractivity (Wildman–Crippen MR) is 79.8 cm³/mol. The van der Waals surface area contributed by atoms with Crippen LogP contribution >= 0.6 is 0 Å². The van der Waals surface area contributed by atoms with Gasteiger partial charge in [-0.1, -0.05) is 6.92 Å². The van der Waals surface area contributed by atoms with Gasteiger partial charge in [0.1, 0.15) is 17.4 Å². The van der Waals surface area contributed by atoms with Crippen LogP contribution in [0.1, 0.15) is 30.3 Å². The maximum atomic E-state index is 8.79. The molecule has 21 heavy (non-hydrogen) atoms. The third-order valence-corrected chi connectivity index (χ3v) is 2.96. The molecule has 0 bridgehead atoms. The molecule has 2 aromatic rings. The number of anilines is 1. The zero-order valence-electron chi connectivity index (χ0n) is 12.1. The van der Waals surface area contributed by atoms with E-state index >= 15 is 0 Å². The highest BCUT2D eigenvalue weighted by Crippen LogP contribution is 2.27. The summed E-state index contributed by atoms with van der Waals surface area (Å²) in [5.74, 6) is 7.79. The summed E-state index contributed by atoms with van der Waals surface area (Å²) in [4.78, 5) is 8.75. The number of nitrogens with zero attached hydrogens (tertiary/aromatic N) is 3. The summed E-state index contributed by atoms with van der Waals surface area (Å²) in [6, 6.07) is 8.92. The van der Waals surface area contributed by atoms with Gasteiger partial charge in [0.05, 0.1) is 17.2 Å². The molecule has 108 valence electrons. The molecule has 3 N–H and O–H groups in total. The van der Waals surface area contributed by atoms with Gasteiger partial charge in [-0.05, 0) is 37.6 Å². The van der Waals surface area contributed by atoms with Gasteiger partial charge in [-0.2, -0.15) is 10.2 Å². The fourth-order valence-corrected chi connectivity index (χ4v) is 1.82. The lowest BCUT2D eigenvalue weighted by Gasteiger charge is -2.12. The van der Waals surface area contributed by atoms with E-state index in [1.807, 2.05) is 6.92 Å². The molecule has 1 heterocycles. The standard InChI is InChI=1S/C15H17N5O/c1-3-4-13-18-14(20-17)10(2)15(19-13)21-12-7-5-11(9-16)6-8-12/h5-8H,3-4,17H2,1-2H3,(H,18,19,20). The lowest BCUT2D eigenvalue weighted by atomic mass is 10.2. The van der Waals surface area contributed by atoms with E-state index in [4.69, 9.17) is 15.8 Å². The Morgan fingerprint density at radius 1 is 1.29 bits per heavy atom. The summed E-state index contributed by atoms with van der Waals surface area (Å²) in [5, 5.41) is 8.79. The minimum Gasteiger partial charge on any atom is -0.439 e. The van der Waals surface area contributed by atoms with Gasteiger partial charge in [-0.3, -0.25) is 0 Å². The van der Waals surface area contributed by atoms with Crippen LogP contribution in [0.25, 0.3) is 0 Å². The lowest BCUT2D eigenvalue weighted by Crippen LogP contribution is -2.13. The van der Waals surface area contributed by atoms with Crippen molar-refractivity contribution in [3.05, 3.63) is 41.2 Å². The van der Waals surface area contributed by atoms with E-state index in [0.29, 0.717) is 28.8 Å². The van der Waals surface area contributed by atoms with Crippen LogP contribution in [0, 0.1) is 18.3 Å². The van der Waals surface area contributed by atoms with Crippen LogP contribution < -0.4 is 16.0 Å². The first-order chi connectivity index (χ1) is 10.2. The molecule has 0 fully saturated rings. The quantitative estimate of drug-likeness (QED) is 0.647. The first kappa shape index (κ1) is 14.8. The van der Waals surface area contributed by atoms with E-state index in [1.54, 1.807) is 24.3 Å². The monoisotopic (exact) mass is 283 g/mol. The molecule has 0 saturated carbocycles. The molecule has 0 aliphatic rings. The number of hydrogen-bond donors (Lipinski definition) is 2. The maximum Gasteiger partial charge on any atom is 0.227 e. The molecular formula is C15H17N5O. The Morgan fingerprint density at radius 3 is 2.57 bits per heavy atom. The van der Waals surface area contributed by atoms with Gasteiger partial charge in [0.2, 0.25) is 5.88 Å². The van der Waals surface area contributed by atoms with E-state index < -0.39 is 0 Å². The second-order valence-electron chi connectivity index (χ2n) is 4.55. The molecule has 0 radical (unpaired) electrons. The van der Waals surface area contributed by atoms with Crippen molar-refractivity contribution in [2.75, 3.05) is 5.43 Å². The number of aryl methyl sites for hydroxylation is 1. The van der Waals surface area contributed by atoms with Gasteiger partial charge in [-0.15, -0.1) is 0 Å². The van der Waals surface area contributed by atoms with E-state index in [-0.39, 0.29) is 0 Å². The minimum atomic E-state index is 0.464. The minimum absolute atomic E-state index is 0.464. The predicted octanol–water partition coefficient (Wildman–Crippen LogP) is 2.69. The summed E-state index contributed by atoms with van der Waals surface area (Å²) < 4.78 is 5.78. The molecule has 0 amide bonds. The zero-order chi connectivity index (χ0) is 15.2. The Labute approximate surface area is 123 Å². The summed E-state index contributed by atoms with van der Waals surface area (Å²) in [7, 11) is 0. The fourth-order valence-electron chi connectivity index (χ4n) is 1.82. The lowest BCUT2D eigenvalue weighted by molar-refractivity contribution is 0.454. The van der Waals surface area contributed by atoms with E-state index in [9.17, 15) is 0 Å². The highest BCUT2D eigenvalue weighted by atomic mass is 16.5. The van der Waals surface area contributed by atoms with Crippen LogP contribution in [0.5, 0.6) is 11.6 Å². The highest BCUT2D eigenvalue weighted by molar-refractivity contribution is 5.49. The summed E-state index contributed by atoms with van der Waals surface area (Å²) >= 11 is 0. The number of benzene rings is 1. The van der Waals surface area contributed by atoms with Crippen molar-refractivity contribution in [1.29, 1.82) is 5.26 Å². The van der Waals surface area contributed by atoms with Crippen molar-refractivity contribution < 1.29 is 4.74 Å². The van der Waals surface area contributed by atoms with Crippen LogP contribution in [0.15, 0.2) is 24.3 Å². The fraction of sp³-hybridized carbons (Fsp3) is 0.267. The number of hydrogen-bond acceptors (Lipinski definition) is 6. The highest BCUT2D eigenvalue weighted by Gasteiger charge is 2.12. The van der Waals surface area contributed by atoms with Crippen molar-refractivity contribution in [1.82, 2.24) is 9.97 Å². The van der Waals surface area contributed by atoms with Crippen molar-refractivity contribution in [2.24, 2.45) is 5.84 Å². The van der Waals surface area contributed by atoms with Gasteiger partial charge >= 0.3 is 0 Å². The van der Waals surface area contributed by atoms with E-state index in [1.165, 1.54) is 0 Å². The summed E-state index contributed by atoms with van der Waals surface area (Å²) in [6.45, 7) is 3.89. The molecule has 1 aromatic carbocycles. The molecule has 0 saturated heterocycles. The number of aromatic nitrogens is 2. The molecule has 1 aromatic heterocycles. The number of nitrogens with one attached hydrogen (secondary N) is 1. The van der Waals surface area contributed by atoms with Crippen LogP contribution in [-0.2, 0) is 6.42 Å². The van der Waals surface area contributed by atoms with Crippen LogP contribution in [-0.4, -0.2) is 9.97 Å². The van der Waals surface area contributed by atoms with Crippen LogP contribution in [0.4, 0.5) is 5.82 Å². The topological polar surface area (TPSA) is 96.9 Å². The molecule has 0 unspecified atom stereocenters. The number of rotatable bonds is 5. The molecule has 0 aliphatic carbocycles. The van der Waals surface area contributed by atoms with Crippen molar-refractivity contribution >= 4 is 5.82 Å². The Hall–Kier alpha value is -2.65. The normalized spacial score (nSPS) is 10.0. The van der Waals surface area contributed by atoms with Gasteiger partial charge in [0, 0.05) is 6.42 Å². The van der Waals surface area contributed by atoms with Crippen LogP contribution in [0.3, 0.4) is 0 Å². The van der Waals surface area contributed by atoms with Gasteiger partial charge in [-0.25, -0.2) is 10.8 Å². The Kier molecular flexibility index (Phi) is 4.69. The Bertz CT molecular complexity index is 661. The van der Waals surface area contributed by atoms with Crippen LogP contribution in [0.2, 0.25) is 0 Å². The number of nitrogen functional groups attached to an aromatic ring is 1.